The lowest BCUT2D eigenvalue weighted by Crippen LogP contribution is -2.26. The molecule has 0 aliphatic rings. The maximum Gasteiger partial charge on any atom is 0.342 e. The van der Waals surface area contributed by atoms with Gasteiger partial charge in [0.15, 0.2) is 4.77 Å². The molecule has 0 spiro atoms. The second kappa shape index (κ2) is 5.87. The van der Waals surface area contributed by atoms with Gasteiger partial charge in [-0.2, -0.15) is 0 Å². The molecule has 0 saturated heterocycles. The number of rotatable bonds is 6. The number of nitrogens with one attached hydrogen (secondary N) is 2. The van der Waals surface area contributed by atoms with Crippen molar-refractivity contribution in [2.24, 2.45) is 0 Å². The van der Waals surface area contributed by atoms with E-state index in [4.69, 9.17) is 12.2 Å². The zero-order valence-corrected chi connectivity index (χ0v) is 10.1. The van der Waals surface area contributed by atoms with Crippen LogP contribution >= 0.6 is 12.2 Å². The molecule has 0 amide bonds. The Bertz CT molecular complexity index is 360. The first kappa shape index (κ1) is 12.2. The average molecular weight is 230 g/mol. The Morgan fingerprint density at radius 2 is 2.00 bits per heavy atom. The Morgan fingerprint density at radius 1 is 1.33 bits per heavy atom. The Morgan fingerprint density at radius 3 is 2.47 bits per heavy atom. The molecule has 5 nitrogen and oxygen atoms in total. The zero-order chi connectivity index (χ0) is 11.3. The van der Waals surface area contributed by atoms with E-state index in [1.807, 2.05) is 0 Å². The molecule has 0 aliphatic carbocycles. The number of hydrogen-bond donors (Lipinski definition) is 2. The summed E-state index contributed by atoms with van der Waals surface area (Å²) in [6.45, 7) is 8.04. The van der Waals surface area contributed by atoms with Crippen molar-refractivity contribution < 1.29 is 0 Å². The molecule has 0 fully saturated rings. The van der Waals surface area contributed by atoms with E-state index >= 15 is 0 Å². The van der Waals surface area contributed by atoms with Crippen molar-refractivity contribution >= 4 is 12.2 Å². The standard InChI is InChI=1S/C9H18N4OS/c1-3-12(4-2)6-5-7-13-8(14)10-11-9(13)15/h3-7H2,1-2H3,(H,10,14)(H,11,15). The number of aromatic amines is 2. The van der Waals surface area contributed by atoms with Crippen molar-refractivity contribution in [2.45, 2.75) is 26.8 Å². The molecule has 0 unspecified atom stereocenters. The van der Waals surface area contributed by atoms with Crippen molar-refractivity contribution in [3.05, 3.63) is 15.3 Å². The van der Waals surface area contributed by atoms with Crippen molar-refractivity contribution in [1.82, 2.24) is 19.7 Å². The number of hydrogen-bond acceptors (Lipinski definition) is 3. The maximum absolute atomic E-state index is 11.3. The summed E-state index contributed by atoms with van der Waals surface area (Å²) in [5.74, 6) is 0. The summed E-state index contributed by atoms with van der Waals surface area (Å²) in [6, 6.07) is 0. The molecule has 15 heavy (non-hydrogen) atoms. The third-order valence-electron chi connectivity index (χ3n) is 2.52. The highest BCUT2D eigenvalue weighted by Crippen LogP contribution is 1.93. The molecule has 1 heterocycles. The molecule has 0 aliphatic heterocycles. The van der Waals surface area contributed by atoms with Crippen LogP contribution in [-0.4, -0.2) is 39.3 Å². The fourth-order valence-electron chi connectivity index (χ4n) is 1.53. The first-order valence-corrected chi connectivity index (χ1v) is 5.69. The average Bonchev–Trinajstić information content (AvgIpc) is 2.55. The van der Waals surface area contributed by atoms with Crippen LogP contribution in [0.3, 0.4) is 0 Å². The van der Waals surface area contributed by atoms with Crippen molar-refractivity contribution in [3.8, 4) is 0 Å². The molecule has 0 radical (unpaired) electrons. The van der Waals surface area contributed by atoms with Crippen LogP contribution in [0.25, 0.3) is 0 Å². The Kier molecular flexibility index (Phi) is 4.77. The lowest BCUT2D eigenvalue weighted by atomic mass is 10.3. The predicted molar refractivity (Wildman–Crippen MR) is 62.6 cm³/mol. The molecule has 2 N–H and O–H groups in total. The summed E-state index contributed by atoms with van der Waals surface area (Å²) in [6.07, 6.45) is 0.941. The second-order valence-corrected chi connectivity index (χ2v) is 3.78. The van der Waals surface area contributed by atoms with Gasteiger partial charge in [-0.1, -0.05) is 13.8 Å². The third kappa shape index (κ3) is 3.32. The number of H-pyrrole nitrogens is 2. The third-order valence-corrected chi connectivity index (χ3v) is 2.84. The highest BCUT2D eigenvalue weighted by molar-refractivity contribution is 7.71. The first-order chi connectivity index (χ1) is 7.19. The second-order valence-electron chi connectivity index (χ2n) is 3.39. The fraction of sp³-hybridized carbons (Fsp3) is 0.778. The van der Waals surface area contributed by atoms with Gasteiger partial charge in [-0.15, -0.1) is 0 Å². The molecule has 86 valence electrons. The minimum atomic E-state index is -0.153. The van der Waals surface area contributed by atoms with E-state index in [-0.39, 0.29) is 5.69 Å². The summed E-state index contributed by atoms with van der Waals surface area (Å²) in [5, 5.41) is 5.10. The van der Waals surface area contributed by atoms with Gasteiger partial charge in [0.2, 0.25) is 0 Å². The highest BCUT2D eigenvalue weighted by atomic mass is 32.1. The Balaban J connectivity index is 2.44. The quantitative estimate of drug-likeness (QED) is 0.716. The van der Waals surface area contributed by atoms with Gasteiger partial charge < -0.3 is 4.90 Å². The number of aromatic nitrogens is 3. The Hall–Kier alpha value is -0.880. The van der Waals surface area contributed by atoms with Gasteiger partial charge in [-0.25, -0.2) is 9.89 Å². The smallest absolute Gasteiger partial charge is 0.304 e. The van der Waals surface area contributed by atoms with Gasteiger partial charge in [0.25, 0.3) is 0 Å². The molecular weight excluding hydrogens is 212 g/mol. The van der Waals surface area contributed by atoms with Crippen molar-refractivity contribution in [2.75, 3.05) is 19.6 Å². The van der Waals surface area contributed by atoms with E-state index in [0.29, 0.717) is 11.3 Å². The zero-order valence-electron chi connectivity index (χ0n) is 9.25. The summed E-state index contributed by atoms with van der Waals surface area (Å²) < 4.78 is 2.03. The summed E-state index contributed by atoms with van der Waals surface area (Å²) in [5.41, 5.74) is -0.153. The lowest BCUT2D eigenvalue weighted by Gasteiger charge is -2.17. The minimum absolute atomic E-state index is 0.153. The molecule has 1 aromatic heterocycles. The molecule has 0 saturated carbocycles. The summed E-state index contributed by atoms with van der Waals surface area (Å²) in [7, 11) is 0. The topological polar surface area (TPSA) is 56.8 Å². The first-order valence-electron chi connectivity index (χ1n) is 5.28. The summed E-state index contributed by atoms with van der Waals surface area (Å²) >= 11 is 4.97. The van der Waals surface area contributed by atoms with E-state index in [1.165, 1.54) is 0 Å². The van der Waals surface area contributed by atoms with Crippen LogP contribution in [0.15, 0.2) is 4.79 Å². The maximum atomic E-state index is 11.3. The molecule has 1 aromatic rings. The van der Waals surface area contributed by atoms with Crippen LogP contribution < -0.4 is 5.69 Å². The highest BCUT2D eigenvalue weighted by Gasteiger charge is 2.02. The molecular formula is C9H18N4OS. The predicted octanol–water partition coefficient (Wildman–Crippen LogP) is 0.966. The van der Waals surface area contributed by atoms with Crippen molar-refractivity contribution in [1.29, 1.82) is 0 Å². The fourth-order valence-corrected chi connectivity index (χ4v) is 1.75. The largest absolute Gasteiger partial charge is 0.342 e. The summed E-state index contributed by atoms with van der Waals surface area (Å²) in [4.78, 5) is 13.6. The van der Waals surface area contributed by atoms with Gasteiger partial charge in [0.1, 0.15) is 0 Å². The van der Waals surface area contributed by atoms with Crippen LogP contribution in [0.5, 0.6) is 0 Å². The van der Waals surface area contributed by atoms with E-state index in [1.54, 1.807) is 4.57 Å². The van der Waals surface area contributed by atoms with Gasteiger partial charge in [-0.3, -0.25) is 9.67 Å². The van der Waals surface area contributed by atoms with E-state index in [9.17, 15) is 4.79 Å². The van der Waals surface area contributed by atoms with Gasteiger partial charge in [0, 0.05) is 6.54 Å². The SMILES string of the molecule is CCN(CC)CCCn1c(=O)[nH][nH]c1=S. The minimum Gasteiger partial charge on any atom is -0.304 e. The van der Waals surface area contributed by atoms with E-state index < -0.39 is 0 Å². The molecule has 0 bridgehead atoms. The van der Waals surface area contributed by atoms with Crippen LogP contribution in [-0.2, 0) is 6.54 Å². The van der Waals surface area contributed by atoms with E-state index in [0.717, 1.165) is 26.1 Å². The van der Waals surface area contributed by atoms with Gasteiger partial charge in [-0.05, 0) is 38.3 Å². The van der Waals surface area contributed by atoms with Crippen LogP contribution in [0.4, 0.5) is 0 Å². The van der Waals surface area contributed by atoms with Crippen molar-refractivity contribution in [3.63, 3.8) is 0 Å². The normalized spacial score (nSPS) is 11.1. The number of nitrogens with zero attached hydrogens (tertiary/aromatic N) is 2. The Labute approximate surface area is 94.1 Å². The molecule has 0 atom stereocenters. The van der Waals surface area contributed by atoms with E-state index in [2.05, 4.69) is 28.9 Å². The van der Waals surface area contributed by atoms with Crippen LogP contribution in [0, 0.1) is 4.77 Å². The van der Waals surface area contributed by atoms with Crippen LogP contribution in [0.2, 0.25) is 0 Å². The van der Waals surface area contributed by atoms with Gasteiger partial charge in [0.05, 0.1) is 0 Å². The molecule has 1 rings (SSSR count). The van der Waals surface area contributed by atoms with Gasteiger partial charge >= 0.3 is 5.69 Å². The molecule has 6 heteroatoms. The monoisotopic (exact) mass is 230 g/mol. The van der Waals surface area contributed by atoms with Crippen LogP contribution in [0.1, 0.15) is 20.3 Å². The molecule has 0 aromatic carbocycles. The lowest BCUT2D eigenvalue weighted by molar-refractivity contribution is 0.292.